The van der Waals surface area contributed by atoms with E-state index in [0.717, 1.165) is 37.6 Å². The van der Waals surface area contributed by atoms with E-state index in [-0.39, 0.29) is 18.9 Å². The molecule has 0 aromatic heterocycles. The summed E-state index contributed by atoms with van der Waals surface area (Å²) in [6.07, 6.45) is 1.77. The normalized spacial score (nSPS) is 23.4. The number of hydrogen-bond acceptors (Lipinski definition) is 2. The van der Waals surface area contributed by atoms with E-state index in [4.69, 9.17) is 0 Å². The largest absolute Gasteiger partial charge is 0.391 e. The number of thioether (sulfide) groups is 1. The highest BCUT2D eigenvalue weighted by atomic mass is 32.2. The van der Waals surface area contributed by atoms with Crippen molar-refractivity contribution in [1.82, 2.24) is 10.6 Å². The summed E-state index contributed by atoms with van der Waals surface area (Å²) in [6, 6.07) is 0.0996. The smallest absolute Gasteiger partial charge is 0.357 e. The van der Waals surface area contributed by atoms with E-state index in [1.54, 1.807) is 0 Å². The zero-order valence-corrected chi connectivity index (χ0v) is 14.3. The first kappa shape index (κ1) is 19.5. The van der Waals surface area contributed by atoms with Crippen LogP contribution in [0.15, 0.2) is 4.99 Å². The first-order valence-electron chi connectivity index (χ1n) is 8.07. The van der Waals surface area contributed by atoms with Crippen molar-refractivity contribution in [3.63, 3.8) is 0 Å². The highest BCUT2D eigenvalue weighted by molar-refractivity contribution is 7.98. The second-order valence-corrected chi connectivity index (χ2v) is 6.68. The zero-order valence-electron chi connectivity index (χ0n) is 13.5. The maximum Gasteiger partial charge on any atom is 0.391 e. The Kier molecular flexibility index (Phi) is 9.05. The van der Waals surface area contributed by atoms with Crippen molar-refractivity contribution in [2.45, 2.75) is 57.7 Å². The van der Waals surface area contributed by atoms with Gasteiger partial charge in [-0.15, -0.1) is 0 Å². The van der Waals surface area contributed by atoms with Crippen molar-refractivity contribution in [2.24, 2.45) is 10.9 Å². The van der Waals surface area contributed by atoms with E-state index in [0.29, 0.717) is 12.8 Å². The standard InChI is InChI=1S/C15H28F3N3S/c1-3-19-14(20-10-4-5-11-22-2)21-13-8-6-12(7-9-13)15(16,17)18/h12-13H,3-11H2,1-2H3,(H2,19,20,21). The van der Waals surface area contributed by atoms with E-state index >= 15 is 0 Å². The molecule has 0 unspecified atom stereocenters. The Labute approximate surface area is 135 Å². The molecule has 1 aliphatic carbocycles. The molecule has 1 aliphatic rings. The highest BCUT2D eigenvalue weighted by Gasteiger charge is 2.41. The molecule has 0 aliphatic heterocycles. The third-order valence-corrected chi connectivity index (χ3v) is 4.60. The molecule has 7 heteroatoms. The SMILES string of the molecule is CCNC(=NCCCCSC)NC1CCC(C(F)(F)F)CC1. The molecule has 22 heavy (non-hydrogen) atoms. The molecule has 3 nitrogen and oxygen atoms in total. The molecule has 0 atom stereocenters. The van der Waals surface area contributed by atoms with Crippen LogP contribution in [0.2, 0.25) is 0 Å². The lowest BCUT2D eigenvalue weighted by Crippen LogP contribution is -2.45. The van der Waals surface area contributed by atoms with Crippen LogP contribution in [0.25, 0.3) is 0 Å². The van der Waals surface area contributed by atoms with Crippen molar-refractivity contribution in [1.29, 1.82) is 0 Å². The molecule has 0 bridgehead atoms. The van der Waals surface area contributed by atoms with Crippen molar-refractivity contribution >= 4 is 17.7 Å². The van der Waals surface area contributed by atoms with Gasteiger partial charge < -0.3 is 10.6 Å². The summed E-state index contributed by atoms with van der Waals surface area (Å²) in [5.41, 5.74) is 0. The van der Waals surface area contributed by atoms with Crippen LogP contribution in [0.5, 0.6) is 0 Å². The van der Waals surface area contributed by atoms with Gasteiger partial charge in [-0.25, -0.2) is 0 Å². The Morgan fingerprint density at radius 2 is 1.86 bits per heavy atom. The second-order valence-electron chi connectivity index (χ2n) is 5.70. The maximum absolute atomic E-state index is 12.7. The number of nitrogens with zero attached hydrogens (tertiary/aromatic N) is 1. The predicted octanol–water partition coefficient (Wildman–Crippen LogP) is 3.81. The molecule has 0 radical (unpaired) electrons. The number of hydrogen-bond donors (Lipinski definition) is 2. The summed E-state index contributed by atoms with van der Waals surface area (Å²) < 4.78 is 38.0. The highest BCUT2D eigenvalue weighted by Crippen LogP contribution is 2.37. The van der Waals surface area contributed by atoms with Gasteiger partial charge in [-0.2, -0.15) is 24.9 Å². The maximum atomic E-state index is 12.7. The van der Waals surface area contributed by atoms with E-state index < -0.39 is 12.1 Å². The molecule has 2 N–H and O–H groups in total. The summed E-state index contributed by atoms with van der Waals surface area (Å²) in [6.45, 7) is 3.51. The van der Waals surface area contributed by atoms with Gasteiger partial charge in [-0.05, 0) is 57.5 Å². The number of alkyl halides is 3. The molecule has 0 spiro atoms. The van der Waals surface area contributed by atoms with Crippen LogP contribution < -0.4 is 10.6 Å². The van der Waals surface area contributed by atoms with E-state index in [1.165, 1.54) is 0 Å². The van der Waals surface area contributed by atoms with Crippen molar-refractivity contribution in [2.75, 3.05) is 25.1 Å². The quantitative estimate of drug-likeness (QED) is 0.421. The third kappa shape index (κ3) is 7.61. The molecule has 1 saturated carbocycles. The molecule has 0 aromatic carbocycles. The average molecular weight is 339 g/mol. The predicted molar refractivity (Wildman–Crippen MR) is 88.5 cm³/mol. The van der Waals surface area contributed by atoms with Crippen LogP contribution >= 0.6 is 11.8 Å². The molecule has 0 amide bonds. The topological polar surface area (TPSA) is 36.4 Å². The Balaban J connectivity index is 2.36. The van der Waals surface area contributed by atoms with Gasteiger partial charge in [0.15, 0.2) is 5.96 Å². The Morgan fingerprint density at radius 3 is 2.41 bits per heavy atom. The summed E-state index contributed by atoms with van der Waals surface area (Å²) in [7, 11) is 0. The first-order valence-corrected chi connectivity index (χ1v) is 9.47. The van der Waals surface area contributed by atoms with Crippen molar-refractivity contribution in [3.05, 3.63) is 0 Å². The minimum Gasteiger partial charge on any atom is -0.357 e. The van der Waals surface area contributed by atoms with Crippen LogP contribution in [-0.2, 0) is 0 Å². The van der Waals surface area contributed by atoms with Crippen LogP contribution in [0.1, 0.15) is 45.4 Å². The van der Waals surface area contributed by atoms with Gasteiger partial charge in [0.05, 0.1) is 5.92 Å². The molecule has 130 valence electrons. The van der Waals surface area contributed by atoms with Crippen LogP contribution in [0, 0.1) is 5.92 Å². The lowest BCUT2D eigenvalue weighted by Gasteiger charge is -2.31. The van der Waals surface area contributed by atoms with Crippen LogP contribution in [-0.4, -0.2) is 43.3 Å². The molecule has 0 heterocycles. The fraction of sp³-hybridized carbons (Fsp3) is 0.933. The van der Waals surface area contributed by atoms with Crippen molar-refractivity contribution in [3.8, 4) is 0 Å². The van der Waals surface area contributed by atoms with Crippen LogP contribution in [0.4, 0.5) is 13.2 Å². The number of unbranched alkanes of at least 4 members (excludes halogenated alkanes) is 1. The third-order valence-electron chi connectivity index (χ3n) is 3.90. The fourth-order valence-electron chi connectivity index (χ4n) is 2.63. The van der Waals surface area contributed by atoms with Gasteiger partial charge in [-0.3, -0.25) is 4.99 Å². The van der Waals surface area contributed by atoms with Gasteiger partial charge in [0.2, 0.25) is 0 Å². The summed E-state index contributed by atoms with van der Waals surface area (Å²) in [5, 5.41) is 6.46. The molecular formula is C15H28F3N3S. The lowest BCUT2D eigenvalue weighted by molar-refractivity contribution is -0.182. The minimum absolute atomic E-state index is 0.0996. The number of nitrogens with one attached hydrogen (secondary N) is 2. The van der Waals surface area contributed by atoms with Gasteiger partial charge >= 0.3 is 6.18 Å². The fourth-order valence-corrected chi connectivity index (χ4v) is 3.12. The minimum atomic E-state index is -4.04. The second kappa shape index (κ2) is 10.2. The molecule has 0 aromatic rings. The van der Waals surface area contributed by atoms with Crippen molar-refractivity contribution < 1.29 is 13.2 Å². The van der Waals surface area contributed by atoms with Crippen LogP contribution in [0.3, 0.4) is 0 Å². The van der Waals surface area contributed by atoms with E-state index in [9.17, 15) is 13.2 Å². The van der Waals surface area contributed by atoms with E-state index in [1.807, 2.05) is 18.7 Å². The Hall–Kier alpha value is -0.590. The van der Waals surface area contributed by atoms with Gasteiger partial charge in [0.25, 0.3) is 0 Å². The zero-order chi connectivity index (χ0) is 16.4. The molecule has 0 saturated heterocycles. The Morgan fingerprint density at radius 1 is 1.18 bits per heavy atom. The van der Waals surface area contributed by atoms with Gasteiger partial charge in [0, 0.05) is 19.1 Å². The number of halogens is 3. The van der Waals surface area contributed by atoms with Gasteiger partial charge in [-0.1, -0.05) is 0 Å². The number of rotatable bonds is 7. The number of guanidine groups is 1. The number of aliphatic imine (C=N–C) groups is 1. The molecule has 1 rings (SSSR count). The lowest BCUT2D eigenvalue weighted by atomic mass is 9.85. The summed E-state index contributed by atoms with van der Waals surface area (Å²) >= 11 is 1.83. The first-order chi connectivity index (χ1) is 10.5. The van der Waals surface area contributed by atoms with Gasteiger partial charge in [0.1, 0.15) is 0 Å². The summed E-state index contributed by atoms with van der Waals surface area (Å²) in [5.74, 6) is 0.750. The molecule has 1 fully saturated rings. The Bertz CT molecular complexity index is 326. The average Bonchev–Trinajstić information content (AvgIpc) is 2.47. The monoisotopic (exact) mass is 339 g/mol. The molecular weight excluding hydrogens is 311 g/mol. The van der Waals surface area contributed by atoms with E-state index in [2.05, 4.69) is 21.9 Å². The summed E-state index contributed by atoms with van der Waals surface area (Å²) in [4.78, 5) is 4.51.